The zero-order valence-corrected chi connectivity index (χ0v) is 23.3. The number of likely N-dealkylation sites (tertiary alicyclic amines) is 2. The minimum Gasteiger partial charge on any atom is -0.378 e. The molecule has 5 rings (SSSR count). The van der Waals surface area contributed by atoms with Crippen LogP contribution in [0.15, 0.2) is 42.0 Å². The first-order valence-electron chi connectivity index (χ1n) is 14.5. The van der Waals surface area contributed by atoms with Gasteiger partial charge >= 0.3 is 0 Å². The molecule has 3 saturated heterocycles. The van der Waals surface area contributed by atoms with Crippen LogP contribution in [0.4, 0.5) is 0 Å². The van der Waals surface area contributed by atoms with E-state index in [4.69, 9.17) is 4.74 Å². The van der Waals surface area contributed by atoms with Crippen molar-refractivity contribution in [3.05, 3.63) is 53.1 Å². The second kappa shape index (κ2) is 11.7. The summed E-state index contributed by atoms with van der Waals surface area (Å²) in [5, 5.41) is 3.43. The number of ether oxygens (including phenoxy) is 1. The summed E-state index contributed by atoms with van der Waals surface area (Å²) < 4.78 is 5.47. The van der Waals surface area contributed by atoms with E-state index in [1.807, 2.05) is 18.9 Å². The number of carbonyl (C=O) groups is 2. The number of morpholine rings is 1. The van der Waals surface area contributed by atoms with Gasteiger partial charge < -0.3 is 19.9 Å². The minimum absolute atomic E-state index is 0.142. The number of hydrogen-bond donors (Lipinski definition) is 1. The van der Waals surface area contributed by atoms with Gasteiger partial charge in [0.05, 0.1) is 19.1 Å². The molecular formula is C31H44N4O3. The fourth-order valence-corrected chi connectivity index (χ4v) is 7.04. The molecule has 4 aliphatic rings. The van der Waals surface area contributed by atoms with Gasteiger partial charge in [-0.3, -0.25) is 14.5 Å². The maximum Gasteiger partial charge on any atom is 0.244 e. The Morgan fingerprint density at radius 1 is 1.05 bits per heavy atom. The van der Waals surface area contributed by atoms with Crippen LogP contribution in [-0.4, -0.2) is 97.6 Å². The Labute approximate surface area is 227 Å². The molecule has 2 unspecified atom stereocenters. The van der Waals surface area contributed by atoms with Crippen molar-refractivity contribution >= 4 is 17.9 Å². The van der Waals surface area contributed by atoms with Crippen LogP contribution in [0.1, 0.15) is 56.6 Å². The van der Waals surface area contributed by atoms with E-state index >= 15 is 0 Å². The van der Waals surface area contributed by atoms with Gasteiger partial charge in [0.2, 0.25) is 11.8 Å². The van der Waals surface area contributed by atoms with E-state index in [1.54, 1.807) is 0 Å². The highest BCUT2D eigenvalue weighted by Crippen LogP contribution is 2.40. The molecule has 7 nitrogen and oxygen atoms in total. The number of amides is 2. The lowest BCUT2D eigenvalue weighted by molar-refractivity contribution is -0.145. The molecule has 3 heterocycles. The summed E-state index contributed by atoms with van der Waals surface area (Å²) in [4.78, 5) is 34.1. The molecule has 1 aromatic rings. The molecule has 0 radical (unpaired) electrons. The molecule has 0 aromatic heterocycles. The first-order valence-corrected chi connectivity index (χ1v) is 14.5. The second-order valence-electron chi connectivity index (χ2n) is 11.4. The lowest BCUT2D eigenvalue weighted by atomic mass is 9.74. The summed E-state index contributed by atoms with van der Waals surface area (Å²) in [6.45, 7) is 10.1. The number of carbonyl (C=O) groups excluding carboxylic acids is 2. The van der Waals surface area contributed by atoms with Gasteiger partial charge in [-0.2, -0.15) is 0 Å². The lowest BCUT2D eigenvalue weighted by Crippen LogP contribution is -2.67. The number of nitrogens with zero attached hydrogens (tertiary/aromatic N) is 3. The van der Waals surface area contributed by atoms with Crippen molar-refractivity contribution in [1.82, 2.24) is 20.0 Å². The molecule has 1 aliphatic carbocycles. The average Bonchev–Trinajstić information content (AvgIpc) is 2.97. The second-order valence-corrected chi connectivity index (χ2v) is 11.4. The molecule has 38 heavy (non-hydrogen) atoms. The molecule has 206 valence electrons. The standard InChI is InChI=1S/C31H44N4O3/c1-4-8-24-21-25-9-5-6-10-27(25)28(23(24)2)29(36)33-15-11-26(12-16-33)35-14-7-13-31(22-35,32-3)30(37)34-17-19-38-20-18-34/h4-6,8-10,21,23,26,28,32H,7,11-20,22H2,1-3H3/b8-4-/t23?,28?,31-/m0/s1. The van der Waals surface area contributed by atoms with E-state index in [1.165, 1.54) is 5.57 Å². The summed E-state index contributed by atoms with van der Waals surface area (Å²) >= 11 is 0. The van der Waals surface area contributed by atoms with Gasteiger partial charge in [-0.1, -0.05) is 49.4 Å². The van der Waals surface area contributed by atoms with Gasteiger partial charge in [-0.25, -0.2) is 0 Å². The third kappa shape index (κ3) is 5.21. The topological polar surface area (TPSA) is 65.1 Å². The van der Waals surface area contributed by atoms with E-state index in [2.05, 4.69) is 64.5 Å². The van der Waals surface area contributed by atoms with Crippen molar-refractivity contribution in [2.45, 2.75) is 57.0 Å². The zero-order chi connectivity index (χ0) is 26.7. The highest BCUT2D eigenvalue weighted by atomic mass is 16.5. The first-order chi connectivity index (χ1) is 18.5. The molecule has 3 aliphatic heterocycles. The number of likely N-dealkylation sites (N-methyl/N-ethyl adjacent to an activating group) is 1. The summed E-state index contributed by atoms with van der Waals surface area (Å²) in [6, 6.07) is 8.76. The predicted molar refractivity (Wildman–Crippen MR) is 151 cm³/mol. The fourth-order valence-electron chi connectivity index (χ4n) is 7.04. The number of hydrogen-bond acceptors (Lipinski definition) is 5. The summed E-state index contributed by atoms with van der Waals surface area (Å²) in [6.07, 6.45) is 10.2. The van der Waals surface area contributed by atoms with Crippen molar-refractivity contribution in [3.63, 3.8) is 0 Å². The van der Waals surface area contributed by atoms with E-state index in [0.717, 1.165) is 63.0 Å². The molecule has 0 saturated carbocycles. The molecule has 7 heteroatoms. The van der Waals surface area contributed by atoms with Crippen LogP contribution in [0.5, 0.6) is 0 Å². The van der Waals surface area contributed by atoms with Crippen LogP contribution in [0.2, 0.25) is 0 Å². The molecule has 1 aromatic carbocycles. The van der Waals surface area contributed by atoms with Gasteiger partial charge in [0, 0.05) is 38.8 Å². The summed E-state index contributed by atoms with van der Waals surface area (Å²) in [7, 11) is 1.93. The predicted octanol–water partition coefficient (Wildman–Crippen LogP) is 3.28. The van der Waals surface area contributed by atoms with E-state index in [-0.39, 0.29) is 23.7 Å². The summed E-state index contributed by atoms with van der Waals surface area (Å²) in [5.74, 6) is 0.479. The Morgan fingerprint density at radius 3 is 2.50 bits per heavy atom. The Kier molecular flexibility index (Phi) is 8.36. The van der Waals surface area contributed by atoms with Gasteiger partial charge in [-0.05, 0) is 68.8 Å². The first kappa shape index (κ1) is 27.1. The van der Waals surface area contributed by atoms with Crippen LogP contribution in [0.25, 0.3) is 6.08 Å². The van der Waals surface area contributed by atoms with E-state index in [0.29, 0.717) is 32.3 Å². The van der Waals surface area contributed by atoms with Crippen molar-refractivity contribution < 1.29 is 14.3 Å². The minimum atomic E-state index is -0.528. The van der Waals surface area contributed by atoms with Crippen LogP contribution >= 0.6 is 0 Å². The number of piperidine rings is 2. The highest BCUT2D eigenvalue weighted by molar-refractivity contribution is 5.88. The quantitative estimate of drug-likeness (QED) is 0.646. The van der Waals surface area contributed by atoms with Gasteiger partial charge in [0.25, 0.3) is 0 Å². The van der Waals surface area contributed by atoms with Crippen LogP contribution in [0, 0.1) is 5.92 Å². The molecule has 0 bridgehead atoms. The smallest absolute Gasteiger partial charge is 0.244 e. The number of rotatable bonds is 5. The SMILES string of the molecule is C/C=C\C1=Cc2ccccc2C(C(=O)N2CCC(N3CCC[C@@](NC)(C(=O)N4CCOCC4)C3)CC2)C1C. The molecule has 0 spiro atoms. The number of allylic oxidation sites excluding steroid dienone is 3. The van der Waals surface area contributed by atoms with Crippen molar-refractivity contribution in [1.29, 1.82) is 0 Å². The molecular weight excluding hydrogens is 476 g/mol. The number of fused-ring (bicyclic) bond motifs is 1. The van der Waals surface area contributed by atoms with Gasteiger partial charge in [-0.15, -0.1) is 0 Å². The Hall–Kier alpha value is -2.48. The van der Waals surface area contributed by atoms with Gasteiger partial charge in [0.15, 0.2) is 0 Å². The average molecular weight is 521 g/mol. The lowest BCUT2D eigenvalue weighted by Gasteiger charge is -2.48. The van der Waals surface area contributed by atoms with E-state index < -0.39 is 5.54 Å². The summed E-state index contributed by atoms with van der Waals surface area (Å²) in [5.41, 5.74) is 3.01. The highest BCUT2D eigenvalue weighted by Gasteiger charge is 2.45. The van der Waals surface area contributed by atoms with Crippen LogP contribution < -0.4 is 5.32 Å². The number of benzene rings is 1. The maximum atomic E-state index is 14.0. The Bertz CT molecular complexity index is 1070. The Morgan fingerprint density at radius 2 is 1.79 bits per heavy atom. The number of nitrogens with one attached hydrogen (secondary N) is 1. The fraction of sp³-hybridized carbons (Fsp3) is 0.613. The van der Waals surface area contributed by atoms with Crippen molar-refractivity contribution in [3.8, 4) is 0 Å². The third-order valence-electron chi connectivity index (χ3n) is 9.30. The van der Waals surface area contributed by atoms with E-state index in [9.17, 15) is 9.59 Å². The molecule has 3 atom stereocenters. The Balaban J connectivity index is 1.24. The van der Waals surface area contributed by atoms with Crippen LogP contribution in [0.3, 0.4) is 0 Å². The zero-order valence-electron chi connectivity index (χ0n) is 23.3. The normalized spacial score (nSPS) is 29.3. The maximum absolute atomic E-state index is 14.0. The molecule has 1 N–H and O–H groups in total. The van der Waals surface area contributed by atoms with Gasteiger partial charge in [0.1, 0.15) is 5.54 Å². The molecule has 2 amide bonds. The van der Waals surface area contributed by atoms with Crippen molar-refractivity contribution in [2.24, 2.45) is 5.92 Å². The third-order valence-corrected chi connectivity index (χ3v) is 9.30. The molecule has 3 fully saturated rings. The largest absolute Gasteiger partial charge is 0.378 e. The van der Waals surface area contributed by atoms with Crippen molar-refractivity contribution in [2.75, 3.05) is 59.5 Å². The monoisotopic (exact) mass is 520 g/mol. The van der Waals surface area contributed by atoms with Crippen LogP contribution in [-0.2, 0) is 14.3 Å².